The van der Waals surface area contributed by atoms with Crippen molar-refractivity contribution in [2.24, 2.45) is 0 Å². The van der Waals surface area contributed by atoms with Crippen molar-refractivity contribution in [1.29, 1.82) is 5.41 Å². The monoisotopic (exact) mass is 246 g/mol. The molecule has 0 radical (unpaired) electrons. The zero-order chi connectivity index (χ0) is 12.7. The molecule has 17 heavy (non-hydrogen) atoms. The maximum absolute atomic E-state index is 10.9. The third-order valence-electron chi connectivity index (χ3n) is 1.97. The van der Waals surface area contributed by atoms with Crippen LogP contribution in [0.2, 0.25) is 5.02 Å². The molecule has 0 fully saturated rings. The molecule has 0 aliphatic heterocycles. The average Bonchev–Trinajstić information content (AvgIpc) is 2.34. The Hall–Kier alpha value is -2.05. The molecule has 0 saturated carbocycles. The summed E-state index contributed by atoms with van der Waals surface area (Å²) in [5, 5.41) is 10.3. The minimum Gasteiger partial charge on any atom is -0.393 e. The molecule has 0 atom stereocenters. The molecule has 1 aromatic rings. The molecule has 1 aromatic carbocycles. The Morgan fingerprint density at radius 2 is 2.29 bits per heavy atom. The number of hydrogen-bond acceptors (Lipinski definition) is 3. The second kappa shape index (κ2) is 6.51. The Labute approximate surface area is 105 Å². The highest BCUT2D eigenvalue weighted by Gasteiger charge is 2.02. The van der Waals surface area contributed by atoms with Crippen molar-refractivity contribution in [1.82, 2.24) is 5.32 Å². The number of allylic oxidation sites excluding steroid dienone is 1. The Balaban J connectivity index is 3.16. The number of hydrogen-bond donors (Lipinski definition) is 2. The Morgan fingerprint density at radius 1 is 1.53 bits per heavy atom. The van der Waals surface area contributed by atoms with Crippen LogP contribution in [0.4, 0.5) is 0 Å². The molecule has 0 heterocycles. The van der Waals surface area contributed by atoms with Gasteiger partial charge in [-0.3, -0.25) is 4.79 Å². The van der Waals surface area contributed by atoms with E-state index < -0.39 is 0 Å². The zero-order valence-corrected chi connectivity index (χ0v) is 10.0. The molecule has 0 aromatic heterocycles. The largest absolute Gasteiger partial charge is 0.393 e. The van der Waals surface area contributed by atoms with E-state index in [-0.39, 0.29) is 0 Å². The zero-order valence-electron chi connectivity index (χ0n) is 9.25. The highest BCUT2D eigenvalue weighted by molar-refractivity contribution is 6.33. The van der Waals surface area contributed by atoms with Crippen LogP contribution in [-0.4, -0.2) is 19.5 Å². The van der Waals surface area contributed by atoms with Crippen LogP contribution in [0, 0.1) is 17.3 Å². The topological polar surface area (TPSA) is 53.0 Å². The van der Waals surface area contributed by atoms with E-state index in [0.29, 0.717) is 28.0 Å². The van der Waals surface area contributed by atoms with Gasteiger partial charge in [0.25, 0.3) is 0 Å². The van der Waals surface area contributed by atoms with E-state index in [4.69, 9.17) is 17.0 Å². The first-order valence-corrected chi connectivity index (χ1v) is 5.24. The fraction of sp³-hybridized carbons (Fsp3) is 0.0769. The quantitative estimate of drug-likeness (QED) is 0.488. The molecule has 0 unspecified atom stereocenters. The van der Waals surface area contributed by atoms with E-state index in [2.05, 4.69) is 17.2 Å². The molecular formula is C13H11ClN2O. The van der Waals surface area contributed by atoms with Crippen LogP contribution in [0.25, 0.3) is 0 Å². The number of benzene rings is 1. The van der Waals surface area contributed by atoms with Crippen molar-refractivity contribution < 1.29 is 4.79 Å². The van der Waals surface area contributed by atoms with Gasteiger partial charge in [0.2, 0.25) is 0 Å². The Kier molecular flexibility index (Phi) is 4.99. The first kappa shape index (κ1) is 13.0. The predicted octanol–water partition coefficient (Wildman–Crippen LogP) is 2.26. The highest BCUT2D eigenvalue weighted by Crippen LogP contribution is 2.17. The van der Waals surface area contributed by atoms with Gasteiger partial charge in [0, 0.05) is 30.6 Å². The van der Waals surface area contributed by atoms with Crippen LogP contribution in [0.1, 0.15) is 15.9 Å². The smallest absolute Gasteiger partial charge is 0.152 e. The summed E-state index contributed by atoms with van der Waals surface area (Å²) < 4.78 is 0. The van der Waals surface area contributed by atoms with Gasteiger partial charge in [0.1, 0.15) is 0 Å². The lowest BCUT2D eigenvalue weighted by Gasteiger charge is -1.98. The summed E-state index contributed by atoms with van der Waals surface area (Å²) in [5.74, 6) is 5.59. The molecule has 0 aliphatic rings. The number of rotatable bonds is 3. The van der Waals surface area contributed by atoms with Gasteiger partial charge in [-0.1, -0.05) is 29.5 Å². The molecule has 1 rings (SSSR count). The summed E-state index contributed by atoms with van der Waals surface area (Å²) in [6, 6.07) is 5.08. The fourth-order valence-electron chi connectivity index (χ4n) is 1.17. The lowest BCUT2D eigenvalue weighted by atomic mass is 10.1. The van der Waals surface area contributed by atoms with Crippen LogP contribution >= 0.6 is 11.6 Å². The van der Waals surface area contributed by atoms with E-state index in [1.54, 1.807) is 31.4 Å². The van der Waals surface area contributed by atoms with E-state index in [0.717, 1.165) is 6.21 Å². The summed E-state index contributed by atoms with van der Waals surface area (Å²) >= 11 is 5.87. The lowest BCUT2D eigenvalue weighted by Crippen LogP contribution is -1.96. The average molecular weight is 247 g/mol. The lowest BCUT2D eigenvalue weighted by molar-refractivity contribution is 0.112. The molecule has 3 nitrogen and oxygen atoms in total. The Morgan fingerprint density at radius 3 is 2.88 bits per heavy atom. The van der Waals surface area contributed by atoms with Gasteiger partial charge in [0.15, 0.2) is 6.29 Å². The van der Waals surface area contributed by atoms with Crippen molar-refractivity contribution in [2.75, 3.05) is 7.05 Å². The maximum atomic E-state index is 10.9. The van der Waals surface area contributed by atoms with E-state index >= 15 is 0 Å². The van der Waals surface area contributed by atoms with Crippen molar-refractivity contribution >= 4 is 24.1 Å². The highest BCUT2D eigenvalue weighted by atomic mass is 35.5. The van der Waals surface area contributed by atoms with E-state index in [1.807, 2.05) is 0 Å². The van der Waals surface area contributed by atoms with Gasteiger partial charge in [0.05, 0.1) is 10.6 Å². The van der Waals surface area contributed by atoms with Crippen molar-refractivity contribution in [2.45, 2.75) is 0 Å². The standard InChI is InChI=1S/C13H11ClN2O/c1-16-8-10(7-15)5-6-11-3-2-4-13(14)12(11)9-17/h2-4,7-9,15-16H,1H3/b10-8-,15-7?. The summed E-state index contributed by atoms with van der Waals surface area (Å²) in [5.41, 5.74) is 1.44. The number of aldehydes is 1. The normalized spacial score (nSPS) is 10.1. The SMILES string of the molecule is CN/C=C(/C#Cc1cccc(Cl)c1C=O)C=N. The Bertz CT molecular complexity index is 524. The molecule has 0 spiro atoms. The molecule has 2 N–H and O–H groups in total. The van der Waals surface area contributed by atoms with Gasteiger partial charge < -0.3 is 10.7 Å². The third kappa shape index (κ3) is 3.47. The number of carbonyl (C=O) groups excluding carboxylic acids is 1. The van der Waals surface area contributed by atoms with Gasteiger partial charge >= 0.3 is 0 Å². The van der Waals surface area contributed by atoms with Crippen LogP contribution in [0.3, 0.4) is 0 Å². The fourth-order valence-corrected chi connectivity index (χ4v) is 1.39. The summed E-state index contributed by atoms with van der Waals surface area (Å²) in [4.78, 5) is 10.9. The van der Waals surface area contributed by atoms with E-state index in [1.165, 1.54) is 0 Å². The van der Waals surface area contributed by atoms with Crippen molar-refractivity contribution in [3.05, 3.63) is 46.1 Å². The number of halogens is 1. The summed E-state index contributed by atoms with van der Waals surface area (Å²) in [6.45, 7) is 0. The molecule has 0 aliphatic carbocycles. The van der Waals surface area contributed by atoms with Crippen molar-refractivity contribution in [3.8, 4) is 11.8 Å². The molecule has 4 heteroatoms. The molecule has 86 valence electrons. The van der Waals surface area contributed by atoms with Gasteiger partial charge in [-0.2, -0.15) is 0 Å². The van der Waals surface area contributed by atoms with E-state index in [9.17, 15) is 4.79 Å². The van der Waals surface area contributed by atoms with Crippen molar-refractivity contribution in [3.63, 3.8) is 0 Å². The first-order chi connectivity index (χ1) is 8.22. The molecular weight excluding hydrogens is 236 g/mol. The predicted molar refractivity (Wildman–Crippen MR) is 69.6 cm³/mol. The second-order valence-corrected chi connectivity index (χ2v) is 3.51. The molecule has 0 saturated heterocycles. The summed E-state index contributed by atoms with van der Waals surface area (Å²) in [6.07, 6.45) is 3.41. The second-order valence-electron chi connectivity index (χ2n) is 3.10. The summed E-state index contributed by atoms with van der Waals surface area (Å²) in [7, 11) is 1.72. The van der Waals surface area contributed by atoms with Gasteiger partial charge in [-0.25, -0.2) is 0 Å². The van der Waals surface area contributed by atoms with Gasteiger partial charge in [-0.15, -0.1) is 0 Å². The molecule has 0 amide bonds. The minimum atomic E-state index is 0.371. The van der Waals surface area contributed by atoms with Crippen LogP contribution in [-0.2, 0) is 0 Å². The first-order valence-electron chi connectivity index (χ1n) is 4.86. The van der Waals surface area contributed by atoms with Crippen LogP contribution < -0.4 is 5.32 Å². The number of nitrogens with one attached hydrogen (secondary N) is 2. The van der Waals surface area contributed by atoms with Crippen LogP contribution in [0.15, 0.2) is 30.0 Å². The minimum absolute atomic E-state index is 0.371. The maximum Gasteiger partial charge on any atom is 0.152 e. The van der Waals surface area contributed by atoms with Gasteiger partial charge in [-0.05, 0) is 12.1 Å². The third-order valence-corrected chi connectivity index (χ3v) is 2.30. The molecule has 0 bridgehead atoms. The number of carbonyl (C=O) groups is 1. The van der Waals surface area contributed by atoms with Crippen LogP contribution in [0.5, 0.6) is 0 Å².